The first-order valence-electron chi connectivity index (χ1n) is 10.4. The number of fused-ring (bicyclic) bond motifs is 1. The third-order valence-electron chi connectivity index (χ3n) is 5.38. The number of esters is 1. The van der Waals surface area contributed by atoms with Gasteiger partial charge in [0.1, 0.15) is 5.00 Å². The number of aryl methyl sites for hydroxylation is 2. The van der Waals surface area contributed by atoms with Crippen molar-refractivity contribution >= 4 is 39.6 Å². The van der Waals surface area contributed by atoms with Crippen LogP contribution in [0.25, 0.3) is 0 Å². The minimum absolute atomic E-state index is 0.0131. The highest BCUT2D eigenvalue weighted by Gasteiger charge is 2.26. The van der Waals surface area contributed by atoms with E-state index in [4.69, 9.17) is 17.0 Å². The van der Waals surface area contributed by atoms with Crippen molar-refractivity contribution in [1.29, 1.82) is 0 Å². The Morgan fingerprint density at radius 1 is 1.34 bits per heavy atom. The normalized spacial score (nSPS) is 14.6. The van der Waals surface area contributed by atoms with Crippen LogP contribution in [0.3, 0.4) is 0 Å². The number of aromatic nitrogens is 2. The Hall–Kier alpha value is -1.93. The van der Waals surface area contributed by atoms with Crippen molar-refractivity contribution < 1.29 is 9.53 Å². The van der Waals surface area contributed by atoms with E-state index in [1.807, 2.05) is 17.8 Å². The summed E-state index contributed by atoms with van der Waals surface area (Å²) in [4.78, 5) is 14.0. The molecule has 0 aromatic carbocycles. The van der Waals surface area contributed by atoms with Gasteiger partial charge in [-0.1, -0.05) is 6.42 Å². The summed E-state index contributed by atoms with van der Waals surface area (Å²) < 4.78 is 7.32. The molecule has 0 saturated carbocycles. The summed E-state index contributed by atoms with van der Waals surface area (Å²) in [7, 11) is 0. The van der Waals surface area contributed by atoms with Gasteiger partial charge in [0.15, 0.2) is 5.11 Å². The Labute approximate surface area is 182 Å². The van der Waals surface area contributed by atoms with Crippen molar-refractivity contribution in [3.8, 4) is 0 Å². The lowest BCUT2D eigenvalue weighted by Crippen LogP contribution is -2.31. The van der Waals surface area contributed by atoms with Gasteiger partial charge in [0.05, 0.1) is 24.4 Å². The smallest absolute Gasteiger partial charge is 0.341 e. The van der Waals surface area contributed by atoms with Crippen LogP contribution in [-0.2, 0) is 24.1 Å². The molecule has 0 saturated heterocycles. The molecule has 1 aliphatic carbocycles. The van der Waals surface area contributed by atoms with Gasteiger partial charge in [0.2, 0.25) is 0 Å². The zero-order valence-electron chi connectivity index (χ0n) is 17.6. The molecule has 2 heterocycles. The van der Waals surface area contributed by atoms with Gasteiger partial charge in [0, 0.05) is 22.7 Å². The maximum Gasteiger partial charge on any atom is 0.341 e. The van der Waals surface area contributed by atoms with E-state index in [0.29, 0.717) is 17.3 Å². The summed E-state index contributed by atoms with van der Waals surface area (Å²) in [5.41, 5.74) is 4.05. The molecule has 0 radical (unpaired) electrons. The molecule has 0 spiro atoms. The van der Waals surface area contributed by atoms with Crippen LogP contribution in [0, 0.1) is 6.92 Å². The zero-order chi connectivity index (χ0) is 21.0. The minimum Gasteiger partial charge on any atom is -0.462 e. The van der Waals surface area contributed by atoms with Crippen LogP contribution in [0.1, 0.15) is 78.1 Å². The van der Waals surface area contributed by atoms with Crippen LogP contribution in [0.5, 0.6) is 0 Å². The Morgan fingerprint density at radius 2 is 2.10 bits per heavy atom. The standard InChI is InChI=1S/C21H30N4O2S2/c1-5-25-14(4)16(12-22-25)13(3)23-21(28)24-19-18(20(26)27-6-2)15-10-8-7-9-11-17(15)29-19/h12-13H,5-11H2,1-4H3,(H2,23,24,28). The van der Waals surface area contributed by atoms with E-state index in [-0.39, 0.29) is 12.0 Å². The van der Waals surface area contributed by atoms with Crippen molar-refractivity contribution in [1.82, 2.24) is 15.1 Å². The fraction of sp³-hybridized carbons (Fsp3) is 0.571. The quantitative estimate of drug-likeness (QED) is 0.388. The first-order chi connectivity index (χ1) is 14.0. The van der Waals surface area contributed by atoms with Crippen molar-refractivity contribution in [3.63, 3.8) is 0 Å². The topological polar surface area (TPSA) is 68.2 Å². The molecule has 29 heavy (non-hydrogen) atoms. The zero-order valence-corrected chi connectivity index (χ0v) is 19.3. The number of nitrogens with zero attached hydrogens (tertiary/aromatic N) is 2. The monoisotopic (exact) mass is 434 g/mol. The number of carbonyl (C=O) groups is 1. The number of nitrogens with one attached hydrogen (secondary N) is 2. The summed E-state index contributed by atoms with van der Waals surface area (Å²) in [5.74, 6) is -0.259. The molecule has 0 bridgehead atoms. The van der Waals surface area contributed by atoms with E-state index in [1.165, 1.54) is 11.3 Å². The second kappa shape index (κ2) is 9.71. The molecular weight excluding hydrogens is 404 g/mol. The van der Waals surface area contributed by atoms with E-state index in [2.05, 4.69) is 36.5 Å². The molecule has 1 aliphatic rings. The number of thiophene rings is 1. The first-order valence-corrected chi connectivity index (χ1v) is 11.6. The lowest BCUT2D eigenvalue weighted by Gasteiger charge is -2.17. The lowest BCUT2D eigenvalue weighted by molar-refractivity contribution is 0.0527. The number of ether oxygens (including phenoxy) is 1. The first kappa shape index (κ1) is 21.8. The van der Waals surface area contributed by atoms with Crippen molar-refractivity contribution in [2.75, 3.05) is 11.9 Å². The van der Waals surface area contributed by atoms with Crippen molar-refractivity contribution in [3.05, 3.63) is 33.5 Å². The highest BCUT2D eigenvalue weighted by atomic mass is 32.1. The molecule has 2 aromatic rings. The van der Waals surface area contributed by atoms with E-state index in [0.717, 1.165) is 54.0 Å². The van der Waals surface area contributed by atoms with E-state index >= 15 is 0 Å². The fourth-order valence-electron chi connectivity index (χ4n) is 3.87. The SMILES string of the molecule is CCOC(=O)c1c(NC(=S)NC(C)c2cnn(CC)c2C)sc2c1CCCCC2. The molecule has 6 nitrogen and oxygen atoms in total. The third kappa shape index (κ3) is 4.80. The van der Waals surface area contributed by atoms with Gasteiger partial charge < -0.3 is 15.4 Å². The van der Waals surface area contributed by atoms with Crippen molar-refractivity contribution in [2.24, 2.45) is 0 Å². The largest absolute Gasteiger partial charge is 0.462 e. The average molecular weight is 435 g/mol. The number of anilines is 1. The Bertz CT molecular complexity index is 888. The third-order valence-corrected chi connectivity index (χ3v) is 6.81. The molecule has 158 valence electrons. The maximum absolute atomic E-state index is 12.7. The van der Waals surface area contributed by atoms with Gasteiger partial charge in [-0.25, -0.2) is 4.79 Å². The molecule has 2 aromatic heterocycles. The lowest BCUT2D eigenvalue weighted by atomic mass is 10.1. The van der Waals surface area contributed by atoms with Crippen LogP contribution in [0.15, 0.2) is 6.20 Å². The molecule has 3 rings (SSSR count). The molecule has 0 fully saturated rings. The number of thiocarbonyl (C=S) groups is 1. The second-order valence-electron chi connectivity index (χ2n) is 7.31. The predicted molar refractivity (Wildman–Crippen MR) is 122 cm³/mol. The van der Waals surface area contributed by atoms with Crippen molar-refractivity contribution in [2.45, 2.75) is 72.4 Å². The van der Waals surface area contributed by atoms with Gasteiger partial charge in [0.25, 0.3) is 0 Å². The predicted octanol–water partition coefficient (Wildman–Crippen LogP) is 4.77. The Morgan fingerprint density at radius 3 is 2.79 bits per heavy atom. The molecule has 0 amide bonds. The summed E-state index contributed by atoms with van der Waals surface area (Å²) >= 11 is 7.21. The second-order valence-corrected chi connectivity index (χ2v) is 8.82. The molecule has 8 heteroatoms. The Balaban J connectivity index is 1.78. The van der Waals surface area contributed by atoms with Gasteiger partial charge in [-0.05, 0) is 71.2 Å². The van der Waals surface area contributed by atoms with Gasteiger partial charge in [-0.3, -0.25) is 4.68 Å². The number of hydrogen-bond donors (Lipinski definition) is 2. The highest BCUT2D eigenvalue weighted by Crippen LogP contribution is 2.38. The molecule has 0 aliphatic heterocycles. The van der Waals surface area contributed by atoms with Crippen LogP contribution >= 0.6 is 23.6 Å². The summed E-state index contributed by atoms with van der Waals surface area (Å²) in [5, 5.41) is 12.3. The van der Waals surface area contributed by atoms with Gasteiger partial charge >= 0.3 is 5.97 Å². The van der Waals surface area contributed by atoms with Crippen LogP contribution in [0.2, 0.25) is 0 Å². The highest BCUT2D eigenvalue weighted by molar-refractivity contribution is 7.80. The molecular formula is C21H30N4O2S2. The summed E-state index contributed by atoms with van der Waals surface area (Å²) in [6.07, 6.45) is 7.30. The van der Waals surface area contributed by atoms with Crippen LogP contribution in [-0.4, -0.2) is 27.5 Å². The van der Waals surface area contributed by atoms with Gasteiger partial charge in [-0.15, -0.1) is 11.3 Å². The van der Waals surface area contributed by atoms with E-state index in [1.54, 1.807) is 11.3 Å². The number of hydrogen-bond acceptors (Lipinski definition) is 5. The van der Waals surface area contributed by atoms with Crippen LogP contribution < -0.4 is 10.6 Å². The summed E-state index contributed by atoms with van der Waals surface area (Å²) in [6.45, 7) is 9.24. The Kier molecular flexibility index (Phi) is 7.29. The van der Waals surface area contributed by atoms with E-state index in [9.17, 15) is 4.79 Å². The minimum atomic E-state index is -0.259. The number of carbonyl (C=O) groups excluding carboxylic acids is 1. The molecule has 2 N–H and O–H groups in total. The maximum atomic E-state index is 12.7. The molecule has 1 unspecified atom stereocenters. The summed E-state index contributed by atoms with van der Waals surface area (Å²) in [6, 6.07) is 0.0131. The average Bonchev–Trinajstić information content (AvgIpc) is 3.13. The fourth-order valence-corrected chi connectivity index (χ4v) is 5.49. The van der Waals surface area contributed by atoms with Gasteiger partial charge in [-0.2, -0.15) is 5.10 Å². The molecule has 1 atom stereocenters. The van der Waals surface area contributed by atoms with E-state index < -0.39 is 0 Å². The number of rotatable bonds is 6. The van der Waals surface area contributed by atoms with Crippen LogP contribution in [0.4, 0.5) is 5.00 Å².